The lowest BCUT2D eigenvalue weighted by atomic mass is 10.2. The fourth-order valence-electron chi connectivity index (χ4n) is 1.84. The van der Waals surface area contributed by atoms with E-state index in [2.05, 4.69) is 15.0 Å². The van der Waals surface area contributed by atoms with Gasteiger partial charge in [0.25, 0.3) is 0 Å². The predicted molar refractivity (Wildman–Crippen MR) is 74.0 cm³/mol. The summed E-state index contributed by atoms with van der Waals surface area (Å²) in [6, 6.07) is 9.78. The molecule has 3 rings (SSSR count). The van der Waals surface area contributed by atoms with Crippen LogP contribution in [0.5, 0.6) is 11.8 Å². The van der Waals surface area contributed by atoms with Gasteiger partial charge in [-0.1, -0.05) is 18.2 Å². The first-order valence-electron chi connectivity index (χ1n) is 6.08. The number of carbonyl (C=O) groups is 1. The Labute approximate surface area is 115 Å². The van der Waals surface area contributed by atoms with Crippen molar-refractivity contribution >= 4 is 17.2 Å². The second-order valence-electron chi connectivity index (χ2n) is 4.30. The van der Waals surface area contributed by atoms with Gasteiger partial charge >= 0.3 is 6.01 Å². The van der Waals surface area contributed by atoms with E-state index in [4.69, 9.17) is 4.74 Å². The van der Waals surface area contributed by atoms with Gasteiger partial charge in [0, 0.05) is 23.5 Å². The van der Waals surface area contributed by atoms with Crippen LogP contribution in [0.3, 0.4) is 0 Å². The smallest absolute Gasteiger partial charge is 0.321 e. The molecule has 0 aliphatic heterocycles. The van der Waals surface area contributed by atoms with E-state index in [1.54, 1.807) is 0 Å². The number of hydrogen-bond donors (Lipinski definition) is 0. The van der Waals surface area contributed by atoms with Crippen molar-refractivity contribution in [2.45, 2.75) is 6.92 Å². The Morgan fingerprint density at radius 1 is 1.10 bits per heavy atom. The van der Waals surface area contributed by atoms with Crippen LogP contribution in [0.2, 0.25) is 0 Å². The summed E-state index contributed by atoms with van der Waals surface area (Å²) in [6.07, 6.45) is 3.52. The van der Waals surface area contributed by atoms with Crippen molar-refractivity contribution in [1.82, 2.24) is 15.0 Å². The summed E-state index contributed by atoms with van der Waals surface area (Å²) in [6.45, 7) is 1.92. The number of aromatic nitrogens is 3. The van der Waals surface area contributed by atoms with Crippen molar-refractivity contribution in [1.29, 1.82) is 0 Å². The summed E-state index contributed by atoms with van der Waals surface area (Å²) in [5.74, 6) is 0.588. The molecule has 98 valence electrons. The molecule has 0 N–H and O–H groups in total. The molecule has 0 aliphatic carbocycles. The van der Waals surface area contributed by atoms with E-state index in [-0.39, 0.29) is 6.01 Å². The average Bonchev–Trinajstić information content (AvgIpc) is 2.49. The van der Waals surface area contributed by atoms with Crippen molar-refractivity contribution in [3.63, 3.8) is 0 Å². The highest BCUT2D eigenvalue weighted by atomic mass is 16.5. The van der Waals surface area contributed by atoms with Gasteiger partial charge < -0.3 is 4.74 Å². The molecule has 0 amide bonds. The van der Waals surface area contributed by atoms with Crippen LogP contribution in [0, 0.1) is 6.92 Å². The normalized spacial score (nSPS) is 10.4. The van der Waals surface area contributed by atoms with E-state index in [0.29, 0.717) is 17.6 Å². The van der Waals surface area contributed by atoms with Crippen molar-refractivity contribution in [3.05, 3.63) is 54.0 Å². The first-order valence-corrected chi connectivity index (χ1v) is 6.08. The number of rotatable bonds is 3. The molecule has 5 heteroatoms. The van der Waals surface area contributed by atoms with E-state index in [1.165, 1.54) is 12.4 Å². The largest absolute Gasteiger partial charge is 0.422 e. The van der Waals surface area contributed by atoms with Crippen molar-refractivity contribution < 1.29 is 9.53 Å². The van der Waals surface area contributed by atoms with Crippen LogP contribution in [-0.2, 0) is 0 Å². The predicted octanol–water partition coefficient (Wildman–Crippen LogP) is 2.94. The number of benzene rings is 1. The minimum absolute atomic E-state index is 0.186. The van der Waals surface area contributed by atoms with Gasteiger partial charge in [0.1, 0.15) is 5.52 Å². The van der Waals surface area contributed by atoms with Gasteiger partial charge in [-0.3, -0.25) is 4.79 Å². The molecular weight excluding hydrogens is 254 g/mol. The van der Waals surface area contributed by atoms with E-state index >= 15 is 0 Å². The van der Waals surface area contributed by atoms with Crippen LogP contribution in [-0.4, -0.2) is 21.2 Å². The Hall–Kier alpha value is -2.82. The fraction of sp³-hybridized carbons (Fsp3) is 0.0667. The maximum absolute atomic E-state index is 10.6. The number of aryl methyl sites for hydroxylation is 1. The van der Waals surface area contributed by atoms with Crippen molar-refractivity contribution in [3.8, 4) is 11.8 Å². The molecular formula is C15H11N3O2. The summed E-state index contributed by atoms with van der Waals surface area (Å²) in [5, 5.41) is 0.984. The Bertz CT molecular complexity index is 770. The molecule has 0 saturated heterocycles. The van der Waals surface area contributed by atoms with Crippen LogP contribution >= 0.6 is 0 Å². The number of aldehydes is 1. The highest BCUT2D eigenvalue weighted by Gasteiger charge is 2.07. The third-order valence-corrected chi connectivity index (χ3v) is 2.81. The van der Waals surface area contributed by atoms with E-state index in [0.717, 1.165) is 16.6 Å². The third kappa shape index (κ3) is 2.33. The molecule has 0 aliphatic rings. The van der Waals surface area contributed by atoms with Crippen LogP contribution in [0.15, 0.2) is 42.7 Å². The number of hydrogen-bond acceptors (Lipinski definition) is 5. The standard InChI is InChI=1S/C15H11N3O2/c1-10-5-6-12-3-2-4-13(14(12)18-10)20-15-16-7-11(9-19)8-17-15/h2-9H,1H3. The molecule has 0 saturated carbocycles. The van der Waals surface area contributed by atoms with Gasteiger partial charge in [-0.25, -0.2) is 15.0 Å². The number of pyridine rings is 1. The molecule has 20 heavy (non-hydrogen) atoms. The molecule has 0 bridgehead atoms. The Morgan fingerprint density at radius 2 is 1.90 bits per heavy atom. The molecule has 3 aromatic rings. The van der Waals surface area contributed by atoms with Crippen LogP contribution in [0.25, 0.3) is 10.9 Å². The summed E-state index contributed by atoms with van der Waals surface area (Å²) in [5.41, 5.74) is 2.07. The Balaban J connectivity index is 2.01. The first kappa shape index (κ1) is 12.2. The molecule has 2 aromatic heterocycles. The number of fused-ring (bicyclic) bond motifs is 1. The minimum Gasteiger partial charge on any atom is -0.422 e. The zero-order valence-electron chi connectivity index (χ0n) is 10.8. The van der Waals surface area contributed by atoms with Gasteiger partial charge in [0.05, 0.1) is 5.56 Å². The monoisotopic (exact) mass is 265 g/mol. The zero-order valence-corrected chi connectivity index (χ0v) is 10.8. The first-order chi connectivity index (χ1) is 9.76. The van der Waals surface area contributed by atoms with Gasteiger partial charge in [0.15, 0.2) is 12.0 Å². The second-order valence-corrected chi connectivity index (χ2v) is 4.30. The lowest BCUT2D eigenvalue weighted by Gasteiger charge is -2.07. The third-order valence-electron chi connectivity index (χ3n) is 2.81. The SMILES string of the molecule is Cc1ccc2cccc(Oc3ncc(C=O)cn3)c2n1. The zero-order chi connectivity index (χ0) is 13.9. The summed E-state index contributed by atoms with van der Waals surface area (Å²) < 4.78 is 5.65. The average molecular weight is 265 g/mol. The Kier molecular flexibility index (Phi) is 3.09. The lowest BCUT2D eigenvalue weighted by molar-refractivity contribution is 0.112. The molecule has 5 nitrogen and oxygen atoms in total. The van der Waals surface area contributed by atoms with E-state index in [1.807, 2.05) is 37.3 Å². The number of nitrogens with zero attached hydrogens (tertiary/aromatic N) is 3. The molecule has 0 radical (unpaired) electrons. The van der Waals surface area contributed by atoms with Gasteiger partial charge in [-0.15, -0.1) is 0 Å². The maximum atomic E-state index is 10.6. The van der Waals surface area contributed by atoms with Crippen LogP contribution in [0.4, 0.5) is 0 Å². The summed E-state index contributed by atoms with van der Waals surface area (Å²) in [4.78, 5) is 23.0. The molecule has 2 heterocycles. The summed E-state index contributed by atoms with van der Waals surface area (Å²) >= 11 is 0. The maximum Gasteiger partial charge on any atom is 0.321 e. The van der Waals surface area contributed by atoms with Crippen molar-refractivity contribution in [2.24, 2.45) is 0 Å². The number of para-hydroxylation sites is 1. The minimum atomic E-state index is 0.186. The molecule has 0 unspecified atom stereocenters. The molecule has 1 aromatic carbocycles. The van der Waals surface area contributed by atoms with E-state index in [9.17, 15) is 4.79 Å². The number of ether oxygens (including phenoxy) is 1. The Morgan fingerprint density at radius 3 is 2.65 bits per heavy atom. The fourth-order valence-corrected chi connectivity index (χ4v) is 1.84. The topological polar surface area (TPSA) is 65.0 Å². The lowest BCUT2D eigenvalue weighted by Crippen LogP contribution is -1.95. The quantitative estimate of drug-likeness (QED) is 0.681. The van der Waals surface area contributed by atoms with Crippen LogP contribution < -0.4 is 4.74 Å². The molecule has 0 atom stereocenters. The number of carbonyl (C=O) groups excluding carboxylic acids is 1. The van der Waals surface area contributed by atoms with Crippen LogP contribution in [0.1, 0.15) is 16.1 Å². The van der Waals surface area contributed by atoms with Crippen molar-refractivity contribution in [2.75, 3.05) is 0 Å². The van der Waals surface area contributed by atoms with E-state index < -0.39 is 0 Å². The summed E-state index contributed by atoms with van der Waals surface area (Å²) in [7, 11) is 0. The molecule has 0 spiro atoms. The van der Waals surface area contributed by atoms with Gasteiger partial charge in [-0.05, 0) is 19.1 Å². The second kappa shape index (κ2) is 5.05. The highest BCUT2D eigenvalue weighted by molar-refractivity contribution is 5.84. The van der Waals surface area contributed by atoms with Gasteiger partial charge in [0.2, 0.25) is 0 Å². The highest BCUT2D eigenvalue weighted by Crippen LogP contribution is 2.26. The van der Waals surface area contributed by atoms with Gasteiger partial charge in [-0.2, -0.15) is 0 Å². The molecule has 0 fully saturated rings.